The number of benzene rings is 1. The second-order valence-electron chi connectivity index (χ2n) is 4.22. The summed E-state index contributed by atoms with van der Waals surface area (Å²) in [6.07, 6.45) is 0.140. The largest absolute Gasteiger partial charge is 0.375 e. The van der Waals surface area contributed by atoms with E-state index in [4.69, 9.17) is 4.74 Å². The Morgan fingerprint density at radius 3 is 2.27 bits per heavy atom. The standard InChI is InChI=1S/C13H21NO/c1-10-8-6-7-9-12(10)13(15-5)11(2)14(3)4/h6-9,11,13H,1-5H3/t11-,13-/m0/s1. The Morgan fingerprint density at radius 2 is 1.80 bits per heavy atom. The van der Waals surface area contributed by atoms with Crippen LogP contribution in [-0.2, 0) is 4.74 Å². The normalized spacial score (nSPS) is 15.3. The third-order valence-electron chi connectivity index (χ3n) is 3.00. The lowest BCUT2D eigenvalue weighted by atomic mass is 9.98. The molecule has 0 bridgehead atoms. The highest BCUT2D eigenvalue weighted by atomic mass is 16.5. The topological polar surface area (TPSA) is 12.5 Å². The summed E-state index contributed by atoms with van der Waals surface area (Å²) in [6.45, 7) is 4.31. The number of hydrogen-bond acceptors (Lipinski definition) is 2. The second-order valence-corrected chi connectivity index (χ2v) is 4.22. The van der Waals surface area contributed by atoms with Crippen molar-refractivity contribution in [1.29, 1.82) is 0 Å². The van der Waals surface area contributed by atoms with E-state index < -0.39 is 0 Å². The fourth-order valence-electron chi connectivity index (χ4n) is 1.76. The molecule has 0 saturated carbocycles. The lowest BCUT2D eigenvalue weighted by molar-refractivity contribution is 0.0384. The van der Waals surface area contributed by atoms with Crippen LogP contribution in [0.25, 0.3) is 0 Å². The Bertz CT molecular complexity index is 309. The number of nitrogens with zero attached hydrogens (tertiary/aromatic N) is 1. The summed E-state index contributed by atoms with van der Waals surface area (Å²) in [5.41, 5.74) is 2.57. The molecule has 2 nitrogen and oxygen atoms in total. The molecule has 1 aromatic rings. The molecule has 0 aliphatic rings. The molecular formula is C13H21NO. The SMILES string of the molecule is CO[C@H](c1ccccc1C)[C@H](C)N(C)C. The van der Waals surface area contributed by atoms with Gasteiger partial charge in [-0.25, -0.2) is 0 Å². The van der Waals surface area contributed by atoms with Crippen LogP contribution >= 0.6 is 0 Å². The molecule has 0 N–H and O–H groups in total. The van der Waals surface area contributed by atoms with E-state index in [1.165, 1.54) is 11.1 Å². The molecular weight excluding hydrogens is 186 g/mol. The zero-order valence-corrected chi connectivity index (χ0v) is 10.3. The Hall–Kier alpha value is -0.860. The van der Waals surface area contributed by atoms with E-state index in [0.717, 1.165) is 0 Å². The average molecular weight is 207 g/mol. The predicted octanol–water partition coefficient (Wildman–Crippen LogP) is 2.63. The van der Waals surface area contributed by atoms with Gasteiger partial charge in [0.1, 0.15) is 0 Å². The third-order valence-corrected chi connectivity index (χ3v) is 3.00. The van der Waals surface area contributed by atoms with E-state index in [-0.39, 0.29) is 6.10 Å². The highest BCUT2D eigenvalue weighted by molar-refractivity contribution is 5.28. The monoisotopic (exact) mass is 207 g/mol. The van der Waals surface area contributed by atoms with Crippen molar-refractivity contribution < 1.29 is 4.74 Å². The third kappa shape index (κ3) is 2.80. The summed E-state index contributed by atoms with van der Waals surface area (Å²) in [5.74, 6) is 0. The lowest BCUT2D eigenvalue weighted by Crippen LogP contribution is -2.32. The summed E-state index contributed by atoms with van der Waals surface area (Å²) in [7, 11) is 5.93. The molecule has 2 heteroatoms. The van der Waals surface area contributed by atoms with Gasteiger partial charge in [0.05, 0.1) is 6.10 Å². The first-order valence-corrected chi connectivity index (χ1v) is 5.32. The minimum atomic E-state index is 0.140. The van der Waals surface area contributed by atoms with Crippen LogP contribution in [0.3, 0.4) is 0 Å². The van der Waals surface area contributed by atoms with Gasteiger partial charge in [0.15, 0.2) is 0 Å². The van der Waals surface area contributed by atoms with Crippen LogP contribution in [0.4, 0.5) is 0 Å². The van der Waals surface area contributed by atoms with Crippen molar-refractivity contribution in [1.82, 2.24) is 4.90 Å². The van der Waals surface area contributed by atoms with Gasteiger partial charge < -0.3 is 9.64 Å². The fourth-order valence-corrected chi connectivity index (χ4v) is 1.76. The van der Waals surface area contributed by atoms with E-state index in [9.17, 15) is 0 Å². The molecule has 0 amide bonds. The summed E-state index contributed by atoms with van der Waals surface area (Å²) < 4.78 is 5.60. The van der Waals surface area contributed by atoms with Gasteiger partial charge in [-0.1, -0.05) is 24.3 Å². The van der Waals surface area contributed by atoms with Crippen LogP contribution in [0.1, 0.15) is 24.2 Å². The van der Waals surface area contributed by atoms with Gasteiger partial charge in [-0.2, -0.15) is 0 Å². The average Bonchev–Trinajstić information content (AvgIpc) is 2.21. The van der Waals surface area contributed by atoms with Crippen LogP contribution in [0.5, 0.6) is 0 Å². The van der Waals surface area contributed by atoms with Gasteiger partial charge in [0.25, 0.3) is 0 Å². The van der Waals surface area contributed by atoms with Crippen LogP contribution < -0.4 is 0 Å². The van der Waals surface area contributed by atoms with E-state index in [1.807, 2.05) is 0 Å². The maximum atomic E-state index is 5.60. The maximum Gasteiger partial charge on any atom is 0.0975 e. The molecule has 0 radical (unpaired) electrons. The number of ether oxygens (including phenoxy) is 1. The number of methoxy groups -OCH3 is 1. The summed E-state index contributed by atoms with van der Waals surface area (Å²) in [5, 5.41) is 0. The molecule has 1 rings (SSSR count). The van der Waals surface area contributed by atoms with E-state index in [2.05, 4.69) is 57.1 Å². The Kier molecular flexibility index (Phi) is 4.30. The van der Waals surface area contributed by atoms with Gasteiger partial charge in [-0.3, -0.25) is 0 Å². The Balaban J connectivity index is 2.97. The van der Waals surface area contributed by atoms with E-state index in [1.54, 1.807) is 7.11 Å². The molecule has 0 fully saturated rings. The minimum absolute atomic E-state index is 0.140. The van der Waals surface area contributed by atoms with Crippen molar-refractivity contribution in [3.63, 3.8) is 0 Å². The van der Waals surface area contributed by atoms with Crippen molar-refractivity contribution >= 4 is 0 Å². The first-order chi connectivity index (χ1) is 7.07. The highest BCUT2D eigenvalue weighted by Crippen LogP contribution is 2.25. The molecule has 0 aromatic heterocycles. The summed E-state index contributed by atoms with van der Waals surface area (Å²) in [6, 6.07) is 8.77. The smallest absolute Gasteiger partial charge is 0.0975 e. The molecule has 0 spiro atoms. The van der Waals surface area contributed by atoms with E-state index in [0.29, 0.717) is 6.04 Å². The van der Waals surface area contributed by atoms with Crippen molar-refractivity contribution in [2.24, 2.45) is 0 Å². The first kappa shape index (κ1) is 12.2. The van der Waals surface area contributed by atoms with E-state index >= 15 is 0 Å². The summed E-state index contributed by atoms with van der Waals surface area (Å²) in [4.78, 5) is 2.18. The number of aryl methyl sites for hydroxylation is 1. The van der Waals surface area contributed by atoms with Crippen LogP contribution in [0.2, 0.25) is 0 Å². The zero-order valence-electron chi connectivity index (χ0n) is 10.3. The molecule has 0 heterocycles. The van der Waals surface area contributed by atoms with Crippen molar-refractivity contribution in [2.45, 2.75) is 26.0 Å². The maximum absolute atomic E-state index is 5.60. The molecule has 2 atom stereocenters. The highest BCUT2D eigenvalue weighted by Gasteiger charge is 2.21. The zero-order chi connectivity index (χ0) is 11.4. The van der Waals surface area contributed by atoms with Gasteiger partial charge in [-0.15, -0.1) is 0 Å². The van der Waals surface area contributed by atoms with Crippen LogP contribution in [0, 0.1) is 6.92 Å². The van der Waals surface area contributed by atoms with Gasteiger partial charge in [0, 0.05) is 13.2 Å². The molecule has 1 aromatic carbocycles. The number of hydrogen-bond donors (Lipinski definition) is 0. The molecule has 0 saturated heterocycles. The minimum Gasteiger partial charge on any atom is -0.375 e. The number of rotatable bonds is 4. The van der Waals surface area contributed by atoms with Gasteiger partial charge >= 0.3 is 0 Å². The lowest BCUT2D eigenvalue weighted by Gasteiger charge is -2.29. The molecule has 0 unspecified atom stereocenters. The van der Waals surface area contributed by atoms with Crippen LogP contribution in [0.15, 0.2) is 24.3 Å². The Morgan fingerprint density at radius 1 is 1.20 bits per heavy atom. The molecule has 0 aliphatic heterocycles. The first-order valence-electron chi connectivity index (χ1n) is 5.32. The summed E-state index contributed by atoms with van der Waals surface area (Å²) >= 11 is 0. The molecule has 15 heavy (non-hydrogen) atoms. The quantitative estimate of drug-likeness (QED) is 0.752. The van der Waals surface area contributed by atoms with Crippen molar-refractivity contribution in [2.75, 3.05) is 21.2 Å². The van der Waals surface area contributed by atoms with Crippen molar-refractivity contribution in [3.8, 4) is 0 Å². The molecule has 0 aliphatic carbocycles. The Labute approximate surface area is 92.9 Å². The van der Waals surface area contributed by atoms with Gasteiger partial charge in [0.2, 0.25) is 0 Å². The van der Waals surface area contributed by atoms with Crippen LogP contribution in [-0.4, -0.2) is 32.1 Å². The predicted molar refractivity (Wildman–Crippen MR) is 64.1 cm³/mol. The second kappa shape index (κ2) is 5.29. The molecule has 84 valence electrons. The fraction of sp³-hybridized carbons (Fsp3) is 0.538. The van der Waals surface area contributed by atoms with Crippen molar-refractivity contribution in [3.05, 3.63) is 35.4 Å². The number of likely N-dealkylation sites (N-methyl/N-ethyl adjacent to an activating group) is 1. The van der Waals surface area contributed by atoms with Gasteiger partial charge in [-0.05, 0) is 39.1 Å².